The fourth-order valence-electron chi connectivity index (χ4n) is 3.77. The molecule has 1 aliphatic heterocycles. The van der Waals surface area contributed by atoms with E-state index in [9.17, 15) is 19.5 Å². The Kier molecular flexibility index (Phi) is 6.42. The lowest BCUT2D eigenvalue weighted by molar-refractivity contribution is -0.143. The highest BCUT2D eigenvalue weighted by atomic mass is 32.2. The van der Waals surface area contributed by atoms with Crippen molar-refractivity contribution in [1.29, 1.82) is 0 Å². The third kappa shape index (κ3) is 4.83. The smallest absolute Gasteiger partial charge is 0.306 e. The molecule has 2 aliphatic rings. The Morgan fingerprint density at radius 2 is 1.85 bits per heavy atom. The second-order valence-corrected chi connectivity index (χ2v) is 8.55. The van der Waals surface area contributed by atoms with E-state index in [2.05, 4.69) is 5.32 Å². The van der Waals surface area contributed by atoms with Crippen molar-refractivity contribution in [3.8, 4) is 0 Å². The van der Waals surface area contributed by atoms with Gasteiger partial charge >= 0.3 is 5.97 Å². The lowest BCUT2D eigenvalue weighted by Gasteiger charge is -2.27. The molecule has 1 saturated carbocycles. The minimum Gasteiger partial charge on any atom is -0.481 e. The van der Waals surface area contributed by atoms with Crippen LogP contribution in [0.1, 0.15) is 41.6 Å². The molecule has 27 heavy (non-hydrogen) atoms. The molecule has 2 unspecified atom stereocenters. The standard InChI is InChI=1S/C20H26N2O4S/c1-13-11-15(19(24)22-7-9-27-10-8-22)5-6-17(13)21-18(23)14-3-2-4-16(12-14)20(25)26/h5-6,11,14,16H,2-4,7-10,12H2,1H3,(H,21,23)(H,25,26). The molecule has 7 heteroatoms. The summed E-state index contributed by atoms with van der Waals surface area (Å²) >= 11 is 1.86. The molecule has 6 nitrogen and oxygen atoms in total. The SMILES string of the molecule is Cc1cc(C(=O)N2CCSCC2)ccc1NC(=O)C1CCCC(C(=O)O)C1. The number of carbonyl (C=O) groups is 3. The molecule has 2 N–H and O–H groups in total. The second kappa shape index (κ2) is 8.78. The summed E-state index contributed by atoms with van der Waals surface area (Å²) in [6, 6.07) is 5.35. The molecule has 0 radical (unpaired) electrons. The molecule has 2 fully saturated rings. The first-order valence-electron chi connectivity index (χ1n) is 9.47. The van der Waals surface area contributed by atoms with Gasteiger partial charge in [0, 0.05) is 41.8 Å². The van der Waals surface area contributed by atoms with Gasteiger partial charge in [0.1, 0.15) is 0 Å². The van der Waals surface area contributed by atoms with Gasteiger partial charge in [-0.05, 0) is 49.9 Å². The van der Waals surface area contributed by atoms with Gasteiger partial charge in [-0.2, -0.15) is 11.8 Å². The van der Waals surface area contributed by atoms with Gasteiger partial charge in [-0.3, -0.25) is 14.4 Å². The number of carboxylic acid groups (broad SMARTS) is 1. The third-order valence-electron chi connectivity index (χ3n) is 5.42. The van der Waals surface area contributed by atoms with Crippen molar-refractivity contribution >= 4 is 35.2 Å². The zero-order chi connectivity index (χ0) is 19.4. The molecule has 0 aromatic heterocycles. The van der Waals surface area contributed by atoms with Gasteiger partial charge in [-0.25, -0.2) is 0 Å². The monoisotopic (exact) mass is 390 g/mol. The van der Waals surface area contributed by atoms with Crippen LogP contribution in [-0.4, -0.2) is 52.4 Å². The number of nitrogens with zero attached hydrogens (tertiary/aromatic N) is 1. The number of hydrogen-bond acceptors (Lipinski definition) is 4. The van der Waals surface area contributed by atoms with E-state index in [4.69, 9.17) is 0 Å². The van der Waals surface area contributed by atoms with E-state index in [0.29, 0.717) is 24.1 Å². The number of aryl methyl sites for hydroxylation is 1. The van der Waals surface area contributed by atoms with Crippen molar-refractivity contribution in [1.82, 2.24) is 4.90 Å². The van der Waals surface area contributed by atoms with Crippen LogP contribution in [0.5, 0.6) is 0 Å². The Labute approximate surface area is 163 Å². The molecule has 2 atom stereocenters. The first-order valence-corrected chi connectivity index (χ1v) is 10.6. The Bertz CT molecular complexity index is 731. The summed E-state index contributed by atoms with van der Waals surface area (Å²) < 4.78 is 0. The van der Waals surface area contributed by atoms with Crippen LogP contribution in [0.4, 0.5) is 5.69 Å². The Morgan fingerprint density at radius 1 is 1.15 bits per heavy atom. The van der Waals surface area contributed by atoms with E-state index in [1.165, 1.54) is 0 Å². The maximum atomic E-state index is 12.6. The van der Waals surface area contributed by atoms with Crippen molar-refractivity contribution in [2.45, 2.75) is 32.6 Å². The van der Waals surface area contributed by atoms with Crippen molar-refractivity contribution in [2.75, 3.05) is 29.9 Å². The fourth-order valence-corrected chi connectivity index (χ4v) is 4.68. The maximum absolute atomic E-state index is 12.6. The molecular formula is C20H26N2O4S. The quantitative estimate of drug-likeness (QED) is 0.825. The lowest BCUT2D eigenvalue weighted by atomic mass is 9.81. The minimum atomic E-state index is -0.817. The minimum absolute atomic E-state index is 0.0351. The molecular weight excluding hydrogens is 364 g/mol. The molecule has 2 amide bonds. The number of nitrogens with one attached hydrogen (secondary N) is 1. The van der Waals surface area contributed by atoms with Crippen molar-refractivity contribution in [3.05, 3.63) is 29.3 Å². The number of carboxylic acids is 1. The predicted molar refractivity (Wildman–Crippen MR) is 106 cm³/mol. The molecule has 146 valence electrons. The van der Waals surface area contributed by atoms with E-state index >= 15 is 0 Å². The summed E-state index contributed by atoms with van der Waals surface area (Å²) in [5.74, 6) is 0.325. The molecule has 1 heterocycles. The Hall–Kier alpha value is -2.02. The summed E-state index contributed by atoms with van der Waals surface area (Å²) in [5, 5.41) is 12.1. The van der Waals surface area contributed by atoms with E-state index < -0.39 is 11.9 Å². The fraction of sp³-hybridized carbons (Fsp3) is 0.550. The lowest BCUT2D eigenvalue weighted by Crippen LogP contribution is -2.37. The van der Waals surface area contributed by atoms with E-state index in [-0.39, 0.29) is 17.7 Å². The molecule has 0 spiro atoms. The van der Waals surface area contributed by atoms with Gasteiger partial charge in [0.2, 0.25) is 5.91 Å². The van der Waals surface area contributed by atoms with Crippen LogP contribution in [0.25, 0.3) is 0 Å². The van der Waals surface area contributed by atoms with Gasteiger partial charge in [-0.1, -0.05) is 6.42 Å². The number of benzene rings is 1. The average molecular weight is 391 g/mol. The highest BCUT2D eigenvalue weighted by Gasteiger charge is 2.31. The van der Waals surface area contributed by atoms with Crippen molar-refractivity contribution in [3.63, 3.8) is 0 Å². The number of anilines is 1. The van der Waals surface area contributed by atoms with Gasteiger partial charge in [0.05, 0.1) is 5.92 Å². The summed E-state index contributed by atoms with van der Waals surface area (Å²) in [6.07, 6.45) is 2.52. The van der Waals surface area contributed by atoms with E-state index in [0.717, 1.165) is 43.0 Å². The first kappa shape index (κ1) is 19.7. The summed E-state index contributed by atoms with van der Waals surface area (Å²) in [4.78, 5) is 38.2. The Morgan fingerprint density at radius 3 is 2.52 bits per heavy atom. The average Bonchev–Trinajstić information content (AvgIpc) is 2.69. The number of hydrogen-bond donors (Lipinski definition) is 2. The number of rotatable bonds is 4. The number of carbonyl (C=O) groups excluding carboxylic acids is 2. The molecule has 1 saturated heterocycles. The van der Waals surface area contributed by atoms with Crippen LogP contribution in [-0.2, 0) is 9.59 Å². The van der Waals surface area contributed by atoms with Crippen LogP contribution in [0.2, 0.25) is 0 Å². The number of aliphatic carboxylic acids is 1. The van der Waals surface area contributed by atoms with Gasteiger partial charge in [0.15, 0.2) is 0 Å². The molecule has 0 bridgehead atoms. The largest absolute Gasteiger partial charge is 0.481 e. The van der Waals surface area contributed by atoms with Gasteiger partial charge < -0.3 is 15.3 Å². The highest BCUT2D eigenvalue weighted by molar-refractivity contribution is 7.99. The van der Waals surface area contributed by atoms with E-state index in [1.807, 2.05) is 29.7 Å². The highest BCUT2D eigenvalue weighted by Crippen LogP contribution is 2.30. The van der Waals surface area contributed by atoms with Crippen LogP contribution in [0.3, 0.4) is 0 Å². The summed E-state index contributed by atoms with van der Waals surface area (Å²) in [6.45, 7) is 3.42. The summed E-state index contributed by atoms with van der Waals surface area (Å²) in [5.41, 5.74) is 2.16. The van der Waals surface area contributed by atoms with Crippen LogP contribution in [0.15, 0.2) is 18.2 Å². The molecule has 1 aromatic carbocycles. The summed E-state index contributed by atoms with van der Waals surface area (Å²) in [7, 11) is 0. The topological polar surface area (TPSA) is 86.7 Å². The maximum Gasteiger partial charge on any atom is 0.306 e. The zero-order valence-corrected chi connectivity index (χ0v) is 16.4. The third-order valence-corrected chi connectivity index (χ3v) is 6.37. The van der Waals surface area contributed by atoms with Crippen LogP contribution in [0, 0.1) is 18.8 Å². The zero-order valence-electron chi connectivity index (χ0n) is 15.6. The van der Waals surface area contributed by atoms with Crippen LogP contribution < -0.4 is 5.32 Å². The predicted octanol–water partition coefficient (Wildman–Crippen LogP) is 3.01. The molecule has 3 rings (SSSR count). The van der Waals surface area contributed by atoms with Crippen LogP contribution >= 0.6 is 11.8 Å². The van der Waals surface area contributed by atoms with Crippen molar-refractivity contribution in [2.24, 2.45) is 11.8 Å². The second-order valence-electron chi connectivity index (χ2n) is 7.32. The van der Waals surface area contributed by atoms with Gasteiger partial charge in [-0.15, -0.1) is 0 Å². The Balaban J connectivity index is 1.64. The molecule has 1 aliphatic carbocycles. The van der Waals surface area contributed by atoms with Gasteiger partial charge in [0.25, 0.3) is 5.91 Å². The number of thioether (sulfide) groups is 1. The van der Waals surface area contributed by atoms with Crippen molar-refractivity contribution < 1.29 is 19.5 Å². The van der Waals surface area contributed by atoms with E-state index in [1.54, 1.807) is 12.1 Å². The first-order chi connectivity index (χ1) is 13.0. The molecule has 1 aromatic rings. The number of amides is 2. The normalized spacial score (nSPS) is 22.9.